The van der Waals surface area contributed by atoms with Crippen molar-refractivity contribution in [3.05, 3.63) is 58.1 Å². The molecule has 2 aromatic rings. The lowest BCUT2D eigenvalue weighted by molar-refractivity contribution is 0.407. The molecule has 0 radical (unpaired) electrons. The van der Waals surface area contributed by atoms with Crippen molar-refractivity contribution >= 4 is 11.6 Å². The average molecular weight is 280 g/mol. The summed E-state index contributed by atoms with van der Waals surface area (Å²) in [7, 11) is 0. The Balaban J connectivity index is 2.41. The Morgan fingerprint density at radius 3 is 2.32 bits per heavy atom. The fourth-order valence-electron chi connectivity index (χ4n) is 1.52. The first-order valence-electron chi connectivity index (χ1n) is 5.34. The van der Waals surface area contributed by atoms with Gasteiger partial charge < -0.3 is 4.74 Å². The average Bonchev–Trinajstić information content (AvgIpc) is 2.35. The molecule has 19 heavy (non-hydrogen) atoms. The van der Waals surface area contributed by atoms with Gasteiger partial charge in [-0.1, -0.05) is 17.7 Å². The lowest BCUT2D eigenvalue weighted by Gasteiger charge is -2.10. The molecular formula is C14H8ClF2NO. The third-order valence-corrected chi connectivity index (χ3v) is 2.72. The van der Waals surface area contributed by atoms with Crippen LogP contribution in [-0.2, 0) is 0 Å². The zero-order valence-electron chi connectivity index (χ0n) is 9.88. The quantitative estimate of drug-likeness (QED) is 0.805. The van der Waals surface area contributed by atoms with E-state index in [1.807, 2.05) is 6.92 Å². The second kappa shape index (κ2) is 5.25. The highest BCUT2D eigenvalue weighted by molar-refractivity contribution is 6.32. The lowest BCUT2D eigenvalue weighted by atomic mass is 10.2. The highest BCUT2D eigenvalue weighted by Crippen LogP contribution is 2.33. The maximum atomic E-state index is 13.6. The first-order chi connectivity index (χ1) is 9.01. The van der Waals surface area contributed by atoms with Crippen LogP contribution >= 0.6 is 11.6 Å². The third-order valence-electron chi connectivity index (χ3n) is 2.43. The minimum atomic E-state index is -0.951. The molecule has 0 aliphatic rings. The Kier molecular flexibility index (Phi) is 3.68. The van der Waals surface area contributed by atoms with Gasteiger partial charge in [-0.3, -0.25) is 0 Å². The number of ether oxygens (including phenoxy) is 1. The van der Waals surface area contributed by atoms with Crippen LogP contribution in [0.1, 0.15) is 11.1 Å². The van der Waals surface area contributed by atoms with Gasteiger partial charge >= 0.3 is 0 Å². The number of hydrogen-bond acceptors (Lipinski definition) is 2. The first kappa shape index (κ1) is 13.3. The van der Waals surface area contributed by atoms with E-state index in [-0.39, 0.29) is 16.3 Å². The van der Waals surface area contributed by atoms with Gasteiger partial charge in [0.1, 0.15) is 5.75 Å². The monoisotopic (exact) mass is 279 g/mol. The van der Waals surface area contributed by atoms with Crippen LogP contribution in [0.5, 0.6) is 11.5 Å². The van der Waals surface area contributed by atoms with Crippen molar-refractivity contribution in [3.63, 3.8) is 0 Å². The normalized spacial score (nSPS) is 10.1. The summed E-state index contributed by atoms with van der Waals surface area (Å²) in [6.07, 6.45) is 0. The van der Waals surface area contributed by atoms with Gasteiger partial charge in [0.25, 0.3) is 0 Å². The Labute approximate surface area is 113 Å². The summed E-state index contributed by atoms with van der Waals surface area (Å²) < 4.78 is 32.4. The minimum Gasteiger partial charge on any atom is -0.450 e. The Morgan fingerprint density at radius 1 is 1.16 bits per heavy atom. The summed E-state index contributed by atoms with van der Waals surface area (Å²) in [5.41, 5.74) is 0.787. The molecule has 0 amide bonds. The van der Waals surface area contributed by atoms with Gasteiger partial charge in [0, 0.05) is 0 Å². The van der Waals surface area contributed by atoms with E-state index in [0.29, 0.717) is 0 Å². The van der Waals surface area contributed by atoms with Gasteiger partial charge in [0.05, 0.1) is 16.7 Å². The lowest BCUT2D eigenvalue weighted by Crippen LogP contribution is -1.95. The maximum absolute atomic E-state index is 13.6. The Hall–Kier alpha value is -2.12. The van der Waals surface area contributed by atoms with Gasteiger partial charge in [0.2, 0.25) is 0 Å². The van der Waals surface area contributed by atoms with Crippen LogP contribution in [-0.4, -0.2) is 0 Å². The number of halogens is 3. The number of aryl methyl sites for hydroxylation is 1. The molecule has 2 aromatic carbocycles. The molecular weight excluding hydrogens is 272 g/mol. The molecule has 0 aromatic heterocycles. The first-order valence-corrected chi connectivity index (χ1v) is 5.72. The van der Waals surface area contributed by atoms with E-state index in [1.165, 1.54) is 6.07 Å². The van der Waals surface area contributed by atoms with Gasteiger partial charge in [-0.2, -0.15) is 5.26 Å². The molecule has 5 heteroatoms. The smallest absolute Gasteiger partial charge is 0.198 e. The van der Waals surface area contributed by atoms with Crippen molar-refractivity contribution in [3.8, 4) is 17.6 Å². The van der Waals surface area contributed by atoms with Crippen molar-refractivity contribution < 1.29 is 13.5 Å². The van der Waals surface area contributed by atoms with Crippen LogP contribution in [0, 0.1) is 29.9 Å². The Morgan fingerprint density at radius 2 is 1.79 bits per heavy atom. The second-order valence-corrected chi connectivity index (χ2v) is 4.32. The second-order valence-electron chi connectivity index (χ2n) is 3.92. The van der Waals surface area contributed by atoms with Crippen molar-refractivity contribution in [2.24, 2.45) is 0 Å². The molecule has 0 heterocycles. The maximum Gasteiger partial charge on any atom is 0.198 e. The molecule has 2 rings (SSSR count). The molecule has 0 aliphatic heterocycles. The number of benzene rings is 2. The molecule has 0 N–H and O–H groups in total. The summed E-state index contributed by atoms with van der Waals surface area (Å²) in [4.78, 5) is 0. The molecule has 0 fully saturated rings. The topological polar surface area (TPSA) is 33.0 Å². The molecule has 0 aliphatic carbocycles. The van der Waals surface area contributed by atoms with Crippen molar-refractivity contribution in [2.75, 3.05) is 0 Å². The molecule has 0 saturated heterocycles. The van der Waals surface area contributed by atoms with Crippen molar-refractivity contribution in [2.45, 2.75) is 6.92 Å². The van der Waals surface area contributed by atoms with Crippen LogP contribution in [0.3, 0.4) is 0 Å². The fourth-order valence-corrected chi connectivity index (χ4v) is 1.79. The van der Waals surface area contributed by atoms with E-state index >= 15 is 0 Å². The van der Waals surface area contributed by atoms with Crippen LogP contribution in [0.25, 0.3) is 0 Å². The summed E-state index contributed by atoms with van der Waals surface area (Å²) in [5.74, 6) is -2.33. The Bertz CT molecular complexity index is 657. The van der Waals surface area contributed by atoms with Gasteiger partial charge in [-0.25, -0.2) is 8.78 Å². The number of hydrogen-bond donors (Lipinski definition) is 0. The zero-order valence-corrected chi connectivity index (χ0v) is 10.6. The summed E-state index contributed by atoms with van der Waals surface area (Å²) >= 11 is 5.92. The van der Waals surface area contributed by atoms with Gasteiger partial charge in [-0.05, 0) is 36.8 Å². The summed E-state index contributed by atoms with van der Waals surface area (Å²) in [5, 5.41) is 8.85. The number of nitrogens with zero attached hydrogens (tertiary/aromatic N) is 1. The van der Waals surface area contributed by atoms with E-state index in [4.69, 9.17) is 21.6 Å². The van der Waals surface area contributed by atoms with Crippen LogP contribution in [0.2, 0.25) is 5.02 Å². The molecule has 0 saturated carbocycles. The fraction of sp³-hybridized carbons (Fsp3) is 0.0714. The third kappa shape index (κ3) is 2.83. The highest BCUT2D eigenvalue weighted by Gasteiger charge is 2.15. The predicted molar refractivity (Wildman–Crippen MR) is 67.3 cm³/mol. The molecule has 0 bridgehead atoms. The molecule has 0 unspecified atom stereocenters. The number of nitriles is 1. The molecule has 96 valence electrons. The van der Waals surface area contributed by atoms with E-state index in [0.717, 1.165) is 17.7 Å². The predicted octanol–water partition coefficient (Wildman–Crippen LogP) is 4.59. The van der Waals surface area contributed by atoms with Crippen molar-refractivity contribution in [1.29, 1.82) is 5.26 Å². The number of rotatable bonds is 2. The van der Waals surface area contributed by atoms with E-state index in [9.17, 15) is 8.78 Å². The standard InChI is InChI=1S/C14H8ClF2NO/c1-8-2-3-13(10(15)4-8)19-14-11(16)5-9(7-18)6-12(14)17/h2-6H,1H3. The minimum absolute atomic E-state index is 0.114. The molecule has 0 atom stereocenters. The van der Waals surface area contributed by atoms with Gasteiger partial charge in [0.15, 0.2) is 17.4 Å². The van der Waals surface area contributed by atoms with Crippen molar-refractivity contribution in [1.82, 2.24) is 0 Å². The van der Waals surface area contributed by atoms with E-state index < -0.39 is 17.4 Å². The van der Waals surface area contributed by atoms with Crippen LogP contribution in [0.15, 0.2) is 30.3 Å². The van der Waals surface area contributed by atoms with Crippen LogP contribution < -0.4 is 4.74 Å². The highest BCUT2D eigenvalue weighted by atomic mass is 35.5. The van der Waals surface area contributed by atoms with Crippen LogP contribution in [0.4, 0.5) is 8.78 Å². The molecule has 2 nitrogen and oxygen atoms in total. The summed E-state index contributed by atoms with van der Waals surface area (Å²) in [6, 6.07) is 8.32. The largest absolute Gasteiger partial charge is 0.450 e. The van der Waals surface area contributed by atoms with Gasteiger partial charge in [-0.15, -0.1) is 0 Å². The SMILES string of the molecule is Cc1ccc(Oc2c(F)cc(C#N)cc2F)c(Cl)c1. The van der Waals surface area contributed by atoms with E-state index in [2.05, 4.69) is 0 Å². The summed E-state index contributed by atoms with van der Waals surface area (Å²) in [6.45, 7) is 1.83. The molecule has 0 spiro atoms. The zero-order chi connectivity index (χ0) is 14.0. The van der Waals surface area contributed by atoms with E-state index in [1.54, 1.807) is 18.2 Å².